The molecule has 1 aromatic heterocycles. The number of rotatable bonds is 6. The number of carbonyl (C=O) groups excluding carboxylic acids is 2. The van der Waals surface area contributed by atoms with E-state index in [0.717, 1.165) is 21.9 Å². The average Bonchev–Trinajstić information content (AvgIpc) is 3.15. The third-order valence-electron chi connectivity index (χ3n) is 5.03. The smallest absolute Gasteiger partial charge is 0.270 e. The van der Waals surface area contributed by atoms with Gasteiger partial charge >= 0.3 is 0 Å². The molecule has 4 rings (SSSR count). The summed E-state index contributed by atoms with van der Waals surface area (Å²) in [7, 11) is 1.65. The first-order valence-corrected chi connectivity index (χ1v) is 9.60. The maximum absolute atomic E-state index is 12.8. The molecule has 0 aliphatic heterocycles. The van der Waals surface area contributed by atoms with Gasteiger partial charge in [0, 0.05) is 12.6 Å². The summed E-state index contributed by atoms with van der Waals surface area (Å²) in [6, 6.07) is 23.5. The molecular formula is C24H20N3O3-. The molecule has 1 N–H and O–H groups in total. The van der Waals surface area contributed by atoms with E-state index in [0.29, 0.717) is 5.69 Å². The highest BCUT2D eigenvalue weighted by Crippen LogP contribution is 2.19. The van der Waals surface area contributed by atoms with E-state index in [9.17, 15) is 14.7 Å². The van der Waals surface area contributed by atoms with E-state index in [-0.39, 0.29) is 12.1 Å². The van der Waals surface area contributed by atoms with Crippen molar-refractivity contribution >= 4 is 22.6 Å². The van der Waals surface area contributed by atoms with E-state index < -0.39 is 17.9 Å². The number of carbonyl (C=O) groups is 2. The Labute approximate surface area is 173 Å². The van der Waals surface area contributed by atoms with Crippen molar-refractivity contribution < 1.29 is 14.7 Å². The standard InChI is InChI=1S/C24H21N3O3/c1-27-22(15-20(26-27)18-8-3-2-4-9-18)23(28)25-21(24(29)30)14-16-11-12-17-7-5-6-10-19(17)13-16/h2-13,15,21H,14H2,1H3,(H,25,28)(H,29,30)/p-1/t21-/m1/s1. The van der Waals surface area contributed by atoms with Crippen molar-refractivity contribution in [3.8, 4) is 11.3 Å². The highest BCUT2D eigenvalue weighted by atomic mass is 16.4. The molecule has 0 aliphatic rings. The molecule has 1 amide bonds. The molecule has 0 aliphatic carbocycles. The number of hydrogen-bond acceptors (Lipinski definition) is 4. The van der Waals surface area contributed by atoms with Crippen LogP contribution >= 0.6 is 0 Å². The maximum Gasteiger partial charge on any atom is 0.270 e. The Kier molecular flexibility index (Phi) is 5.30. The summed E-state index contributed by atoms with van der Waals surface area (Å²) >= 11 is 0. The van der Waals surface area contributed by atoms with Gasteiger partial charge in [0.25, 0.3) is 5.91 Å². The zero-order valence-corrected chi connectivity index (χ0v) is 16.4. The van der Waals surface area contributed by atoms with Gasteiger partial charge in [0.1, 0.15) is 5.69 Å². The predicted molar refractivity (Wildman–Crippen MR) is 113 cm³/mol. The Balaban J connectivity index is 1.53. The Morgan fingerprint density at radius 3 is 2.40 bits per heavy atom. The van der Waals surface area contributed by atoms with E-state index in [1.807, 2.05) is 72.8 Å². The van der Waals surface area contributed by atoms with Crippen LogP contribution in [0.25, 0.3) is 22.0 Å². The quantitative estimate of drug-likeness (QED) is 0.540. The highest BCUT2D eigenvalue weighted by Gasteiger charge is 2.19. The fourth-order valence-corrected chi connectivity index (χ4v) is 3.46. The zero-order chi connectivity index (χ0) is 21.1. The highest BCUT2D eigenvalue weighted by molar-refractivity contribution is 5.96. The number of aliphatic carboxylic acids is 1. The summed E-state index contributed by atoms with van der Waals surface area (Å²) in [4.78, 5) is 24.5. The Morgan fingerprint density at radius 2 is 1.67 bits per heavy atom. The number of aromatic nitrogens is 2. The van der Waals surface area contributed by atoms with Crippen LogP contribution in [0.5, 0.6) is 0 Å². The van der Waals surface area contributed by atoms with Gasteiger partial charge in [-0.15, -0.1) is 0 Å². The van der Waals surface area contributed by atoms with Crippen molar-refractivity contribution in [2.75, 3.05) is 0 Å². The SMILES string of the molecule is Cn1nc(-c2ccccc2)cc1C(=O)N[C@H](Cc1ccc2ccccc2c1)C(=O)[O-]. The van der Waals surface area contributed by atoms with Crippen molar-refractivity contribution in [1.82, 2.24) is 15.1 Å². The molecule has 6 heteroatoms. The van der Waals surface area contributed by atoms with Crippen LogP contribution < -0.4 is 10.4 Å². The van der Waals surface area contributed by atoms with Crippen LogP contribution in [0.15, 0.2) is 78.9 Å². The summed E-state index contributed by atoms with van der Waals surface area (Å²) in [6.45, 7) is 0. The molecule has 0 unspecified atom stereocenters. The van der Waals surface area contributed by atoms with Crippen molar-refractivity contribution in [2.45, 2.75) is 12.5 Å². The second kappa shape index (κ2) is 8.21. The lowest BCUT2D eigenvalue weighted by Gasteiger charge is -2.20. The molecule has 0 bridgehead atoms. The first-order valence-electron chi connectivity index (χ1n) is 9.60. The third-order valence-corrected chi connectivity index (χ3v) is 5.03. The molecule has 0 saturated carbocycles. The van der Waals surface area contributed by atoms with Crippen LogP contribution in [0.2, 0.25) is 0 Å². The molecule has 1 atom stereocenters. The van der Waals surface area contributed by atoms with Crippen molar-refractivity contribution in [1.29, 1.82) is 0 Å². The number of carboxylic acids is 1. The Bertz CT molecular complexity index is 1210. The second-order valence-corrected chi connectivity index (χ2v) is 7.14. The van der Waals surface area contributed by atoms with E-state index >= 15 is 0 Å². The van der Waals surface area contributed by atoms with Gasteiger partial charge in [-0.25, -0.2) is 0 Å². The molecule has 0 saturated heterocycles. The largest absolute Gasteiger partial charge is 0.548 e. The molecule has 3 aromatic carbocycles. The van der Waals surface area contributed by atoms with Gasteiger partial charge < -0.3 is 15.2 Å². The number of carboxylic acid groups (broad SMARTS) is 1. The lowest BCUT2D eigenvalue weighted by molar-refractivity contribution is -0.308. The number of nitrogens with one attached hydrogen (secondary N) is 1. The van der Waals surface area contributed by atoms with Gasteiger partial charge in [0.2, 0.25) is 0 Å². The van der Waals surface area contributed by atoms with E-state index in [4.69, 9.17) is 0 Å². The van der Waals surface area contributed by atoms with Crippen LogP contribution in [-0.2, 0) is 18.3 Å². The number of fused-ring (bicyclic) bond motifs is 1. The number of hydrogen-bond donors (Lipinski definition) is 1. The van der Waals surface area contributed by atoms with Crippen LogP contribution in [-0.4, -0.2) is 27.7 Å². The van der Waals surface area contributed by atoms with E-state index in [1.54, 1.807) is 13.1 Å². The first-order chi connectivity index (χ1) is 14.5. The molecule has 30 heavy (non-hydrogen) atoms. The maximum atomic E-state index is 12.8. The van der Waals surface area contributed by atoms with Crippen molar-refractivity contribution in [2.24, 2.45) is 7.05 Å². The lowest BCUT2D eigenvalue weighted by atomic mass is 10.0. The minimum atomic E-state index is -1.33. The monoisotopic (exact) mass is 398 g/mol. The summed E-state index contributed by atoms with van der Waals surface area (Å²) in [5.41, 5.74) is 2.60. The third kappa shape index (κ3) is 4.07. The minimum absolute atomic E-state index is 0.127. The van der Waals surface area contributed by atoms with Crippen LogP contribution in [0.3, 0.4) is 0 Å². The van der Waals surface area contributed by atoms with Crippen molar-refractivity contribution in [3.63, 3.8) is 0 Å². The summed E-state index contributed by atoms with van der Waals surface area (Å²) in [6.07, 6.45) is 0.127. The van der Waals surface area contributed by atoms with E-state index in [1.165, 1.54) is 4.68 Å². The van der Waals surface area contributed by atoms with Crippen LogP contribution in [0.1, 0.15) is 16.1 Å². The second-order valence-electron chi connectivity index (χ2n) is 7.14. The molecule has 1 heterocycles. The number of aryl methyl sites for hydroxylation is 1. The normalized spacial score (nSPS) is 11.9. The van der Waals surface area contributed by atoms with Crippen LogP contribution in [0, 0.1) is 0 Å². The lowest BCUT2D eigenvalue weighted by Crippen LogP contribution is -2.49. The molecule has 6 nitrogen and oxygen atoms in total. The molecule has 0 spiro atoms. The van der Waals surface area contributed by atoms with Crippen LogP contribution in [0.4, 0.5) is 0 Å². The van der Waals surface area contributed by atoms with E-state index in [2.05, 4.69) is 10.4 Å². The molecule has 150 valence electrons. The molecule has 0 fully saturated rings. The first kappa shape index (κ1) is 19.4. The van der Waals surface area contributed by atoms with Gasteiger partial charge in [0.05, 0.1) is 17.7 Å². The minimum Gasteiger partial charge on any atom is -0.548 e. The molecule has 0 radical (unpaired) electrons. The topological polar surface area (TPSA) is 87.0 Å². The summed E-state index contributed by atoms with van der Waals surface area (Å²) in [5, 5.41) is 20.7. The van der Waals surface area contributed by atoms with Gasteiger partial charge in [-0.3, -0.25) is 9.48 Å². The summed E-state index contributed by atoms with van der Waals surface area (Å²) in [5.74, 6) is -1.84. The van der Waals surface area contributed by atoms with Crippen molar-refractivity contribution in [3.05, 3.63) is 90.1 Å². The number of benzene rings is 3. The number of amides is 1. The number of nitrogens with zero attached hydrogens (tertiary/aromatic N) is 2. The average molecular weight is 398 g/mol. The fourth-order valence-electron chi connectivity index (χ4n) is 3.46. The van der Waals surface area contributed by atoms with Gasteiger partial charge in [-0.05, 0) is 28.8 Å². The summed E-state index contributed by atoms with van der Waals surface area (Å²) < 4.78 is 1.44. The van der Waals surface area contributed by atoms with Gasteiger partial charge in [0.15, 0.2) is 0 Å². The molecule has 4 aromatic rings. The zero-order valence-electron chi connectivity index (χ0n) is 16.4. The van der Waals surface area contributed by atoms with Gasteiger partial charge in [-0.2, -0.15) is 5.10 Å². The fraction of sp³-hybridized carbons (Fsp3) is 0.125. The Morgan fingerprint density at radius 1 is 0.967 bits per heavy atom. The predicted octanol–water partition coefficient (Wildman–Crippen LogP) is 2.33. The van der Waals surface area contributed by atoms with Gasteiger partial charge in [-0.1, -0.05) is 72.8 Å². The Hall–Kier alpha value is -3.93. The molecular weight excluding hydrogens is 378 g/mol.